The van der Waals surface area contributed by atoms with Crippen molar-refractivity contribution in [2.75, 3.05) is 5.43 Å². The molecule has 3 nitrogen and oxygen atoms in total. The van der Waals surface area contributed by atoms with Crippen LogP contribution < -0.4 is 10.9 Å². The molecule has 0 heterocycles. The maximum absolute atomic E-state index is 11.9. The van der Waals surface area contributed by atoms with E-state index in [-0.39, 0.29) is 5.91 Å². The standard InChI is InChI=1S/C14H13BrN2O/c1-10-6-8-11(9-7-10)16-17-14(18)12-4-2-3-5-13(12)15/h2-9,16H,1H3,(H,17,18). The van der Waals surface area contributed by atoms with Crippen molar-refractivity contribution in [3.05, 3.63) is 64.1 Å². The van der Waals surface area contributed by atoms with Gasteiger partial charge in [-0.3, -0.25) is 15.6 Å². The molecule has 1 amide bonds. The summed E-state index contributed by atoms with van der Waals surface area (Å²) < 4.78 is 0.771. The van der Waals surface area contributed by atoms with Gasteiger partial charge in [0.1, 0.15) is 0 Å². The molecule has 0 aliphatic rings. The van der Waals surface area contributed by atoms with Crippen LogP contribution in [0.1, 0.15) is 15.9 Å². The van der Waals surface area contributed by atoms with E-state index in [4.69, 9.17) is 0 Å². The van der Waals surface area contributed by atoms with Crippen LogP contribution in [0.3, 0.4) is 0 Å². The second kappa shape index (κ2) is 5.69. The Morgan fingerprint density at radius 1 is 1.06 bits per heavy atom. The number of rotatable bonds is 3. The lowest BCUT2D eigenvalue weighted by Gasteiger charge is -2.09. The van der Waals surface area contributed by atoms with E-state index in [0.29, 0.717) is 5.56 Å². The Morgan fingerprint density at radius 3 is 2.39 bits per heavy atom. The van der Waals surface area contributed by atoms with Crippen molar-refractivity contribution in [3.63, 3.8) is 0 Å². The lowest BCUT2D eigenvalue weighted by atomic mass is 10.2. The number of hydrazine groups is 1. The third-order valence-electron chi connectivity index (χ3n) is 2.49. The molecular formula is C14H13BrN2O. The summed E-state index contributed by atoms with van der Waals surface area (Å²) in [5.74, 6) is -0.178. The van der Waals surface area contributed by atoms with E-state index >= 15 is 0 Å². The molecule has 0 atom stereocenters. The molecule has 18 heavy (non-hydrogen) atoms. The topological polar surface area (TPSA) is 41.1 Å². The van der Waals surface area contributed by atoms with E-state index in [2.05, 4.69) is 26.8 Å². The molecule has 4 heteroatoms. The van der Waals surface area contributed by atoms with Crippen LogP contribution in [-0.4, -0.2) is 5.91 Å². The summed E-state index contributed by atoms with van der Waals surface area (Å²) >= 11 is 3.34. The highest BCUT2D eigenvalue weighted by atomic mass is 79.9. The number of carbonyl (C=O) groups excluding carboxylic acids is 1. The number of amides is 1. The van der Waals surface area contributed by atoms with Crippen LogP contribution in [0.25, 0.3) is 0 Å². The Labute approximate surface area is 114 Å². The van der Waals surface area contributed by atoms with Gasteiger partial charge in [0.05, 0.1) is 11.3 Å². The van der Waals surface area contributed by atoms with Crippen LogP contribution >= 0.6 is 15.9 Å². The number of hydrogen-bond donors (Lipinski definition) is 2. The number of aryl methyl sites for hydroxylation is 1. The average molecular weight is 305 g/mol. The van der Waals surface area contributed by atoms with Gasteiger partial charge >= 0.3 is 0 Å². The third kappa shape index (κ3) is 3.11. The van der Waals surface area contributed by atoms with Crippen molar-refractivity contribution in [3.8, 4) is 0 Å². The second-order valence-corrected chi connectivity index (χ2v) is 4.78. The predicted octanol–water partition coefficient (Wildman–Crippen LogP) is 3.51. The summed E-state index contributed by atoms with van der Waals surface area (Å²) in [4.78, 5) is 11.9. The SMILES string of the molecule is Cc1ccc(NNC(=O)c2ccccc2Br)cc1. The van der Waals surface area contributed by atoms with Crippen LogP contribution in [-0.2, 0) is 0 Å². The molecule has 0 aliphatic heterocycles. The number of nitrogens with one attached hydrogen (secondary N) is 2. The molecule has 0 saturated carbocycles. The highest BCUT2D eigenvalue weighted by Crippen LogP contribution is 2.15. The molecule has 92 valence electrons. The van der Waals surface area contributed by atoms with Gasteiger partial charge in [0, 0.05) is 4.47 Å². The summed E-state index contributed by atoms with van der Waals surface area (Å²) in [6.07, 6.45) is 0. The summed E-state index contributed by atoms with van der Waals surface area (Å²) in [5, 5.41) is 0. The van der Waals surface area contributed by atoms with Crippen LogP contribution in [0.4, 0.5) is 5.69 Å². The molecule has 0 saturated heterocycles. The monoisotopic (exact) mass is 304 g/mol. The van der Waals surface area contributed by atoms with E-state index < -0.39 is 0 Å². The van der Waals surface area contributed by atoms with Gasteiger partial charge in [-0.25, -0.2) is 0 Å². The minimum Gasteiger partial charge on any atom is -0.298 e. The Kier molecular flexibility index (Phi) is 3.99. The van der Waals surface area contributed by atoms with E-state index in [0.717, 1.165) is 10.2 Å². The molecule has 0 fully saturated rings. The van der Waals surface area contributed by atoms with Gasteiger partial charge in [0.15, 0.2) is 0 Å². The number of hydrogen-bond acceptors (Lipinski definition) is 2. The minimum atomic E-state index is -0.178. The number of halogens is 1. The molecule has 0 bridgehead atoms. The summed E-state index contributed by atoms with van der Waals surface area (Å²) in [6, 6.07) is 15.1. The lowest BCUT2D eigenvalue weighted by molar-refractivity contribution is 0.0962. The maximum Gasteiger partial charge on any atom is 0.270 e. The highest BCUT2D eigenvalue weighted by molar-refractivity contribution is 9.10. The van der Waals surface area contributed by atoms with Gasteiger partial charge in [-0.1, -0.05) is 29.8 Å². The zero-order valence-corrected chi connectivity index (χ0v) is 11.5. The van der Waals surface area contributed by atoms with Gasteiger partial charge in [-0.05, 0) is 47.1 Å². The van der Waals surface area contributed by atoms with Gasteiger partial charge in [0.25, 0.3) is 5.91 Å². The van der Waals surface area contributed by atoms with Crippen LogP contribution in [0, 0.1) is 6.92 Å². The average Bonchev–Trinajstić information content (AvgIpc) is 2.38. The third-order valence-corrected chi connectivity index (χ3v) is 3.18. The fourth-order valence-electron chi connectivity index (χ4n) is 1.48. The van der Waals surface area contributed by atoms with Crippen molar-refractivity contribution in [2.24, 2.45) is 0 Å². The Morgan fingerprint density at radius 2 is 1.72 bits per heavy atom. The Bertz CT molecular complexity index is 552. The van der Waals surface area contributed by atoms with Crippen molar-refractivity contribution < 1.29 is 4.79 Å². The number of carbonyl (C=O) groups is 1. The zero-order valence-electron chi connectivity index (χ0n) is 9.91. The molecule has 0 spiro atoms. The van der Waals surface area contributed by atoms with Gasteiger partial charge in [-0.2, -0.15) is 0 Å². The van der Waals surface area contributed by atoms with Crippen molar-refractivity contribution >= 4 is 27.5 Å². The largest absolute Gasteiger partial charge is 0.298 e. The quantitative estimate of drug-likeness (QED) is 0.852. The molecule has 0 aromatic heterocycles. The molecule has 2 aromatic carbocycles. The van der Waals surface area contributed by atoms with Crippen LogP contribution in [0.2, 0.25) is 0 Å². The summed E-state index contributed by atoms with van der Waals surface area (Å²) in [6.45, 7) is 2.02. The normalized spacial score (nSPS) is 9.89. The smallest absolute Gasteiger partial charge is 0.270 e. The Balaban J connectivity index is 2.01. The first-order valence-corrected chi connectivity index (χ1v) is 6.33. The van der Waals surface area contributed by atoms with Gasteiger partial charge in [0.2, 0.25) is 0 Å². The fraction of sp³-hybridized carbons (Fsp3) is 0.0714. The molecule has 0 unspecified atom stereocenters. The number of benzene rings is 2. The van der Waals surface area contributed by atoms with Crippen molar-refractivity contribution in [1.82, 2.24) is 5.43 Å². The van der Waals surface area contributed by atoms with Gasteiger partial charge in [-0.15, -0.1) is 0 Å². The van der Waals surface area contributed by atoms with E-state index in [1.807, 2.05) is 49.4 Å². The molecule has 2 rings (SSSR count). The van der Waals surface area contributed by atoms with Gasteiger partial charge < -0.3 is 0 Å². The molecule has 0 aliphatic carbocycles. The first-order valence-electron chi connectivity index (χ1n) is 5.54. The minimum absolute atomic E-state index is 0.178. The second-order valence-electron chi connectivity index (χ2n) is 3.92. The molecule has 2 aromatic rings. The van der Waals surface area contributed by atoms with E-state index in [1.165, 1.54) is 5.56 Å². The number of anilines is 1. The molecule has 2 N–H and O–H groups in total. The molecule has 0 radical (unpaired) electrons. The summed E-state index contributed by atoms with van der Waals surface area (Å²) in [5.41, 5.74) is 8.15. The first kappa shape index (κ1) is 12.6. The van der Waals surface area contributed by atoms with Crippen molar-refractivity contribution in [1.29, 1.82) is 0 Å². The molecular weight excluding hydrogens is 292 g/mol. The first-order chi connectivity index (χ1) is 8.66. The van der Waals surface area contributed by atoms with E-state index in [1.54, 1.807) is 6.07 Å². The highest BCUT2D eigenvalue weighted by Gasteiger charge is 2.07. The van der Waals surface area contributed by atoms with Crippen molar-refractivity contribution in [2.45, 2.75) is 6.92 Å². The van der Waals surface area contributed by atoms with E-state index in [9.17, 15) is 4.79 Å². The van der Waals surface area contributed by atoms with Crippen LogP contribution in [0.5, 0.6) is 0 Å². The Hall–Kier alpha value is -1.81. The van der Waals surface area contributed by atoms with Crippen LogP contribution in [0.15, 0.2) is 53.0 Å². The fourth-order valence-corrected chi connectivity index (χ4v) is 1.94. The zero-order chi connectivity index (χ0) is 13.0. The summed E-state index contributed by atoms with van der Waals surface area (Å²) in [7, 11) is 0. The maximum atomic E-state index is 11.9. The lowest BCUT2D eigenvalue weighted by Crippen LogP contribution is -2.29. The predicted molar refractivity (Wildman–Crippen MR) is 76.4 cm³/mol.